The van der Waals surface area contributed by atoms with Crippen LogP contribution in [0.5, 0.6) is 0 Å². The predicted octanol–water partition coefficient (Wildman–Crippen LogP) is 1.02. The summed E-state index contributed by atoms with van der Waals surface area (Å²) in [6, 6.07) is 5.41. The second-order valence-electron chi connectivity index (χ2n) is 3.74. The summed E-state index contributed by atoms with van der Waals surface area (Å²) >= 11 is 5.70. The van der Waals surface area contributed by atoms with Crippen molar-refractivity contribution in [3.8, 4) is 0 Å². The Bertz CT molecular complexity index is 454. The van der Waals surface area contributed by atoms with Crippen molar-refractivity contribution in [3.05, 3.63) is 29.3 Å². The van der Waals surface area contributed by atoms with E-state index in [0.717, 1.165) is 0 Å². The number of aliphatic hydroxyl groups excluding tert-OH is 1. The molecule has 1 aromatic carbocycles. The Labute approximate surface area is 112 Å². The van der Waals surface area contributed by atoms with Crippen molar-refractivity contribution in [1.29, 1.82) is 0 Å². The molecule has 0 aromatic heterocycles. The van der Waals surface area contributed by atoms with Crippen LogP contribution in [0.15, 0.2) is 29.2 Å². The number of halogens is 1. The number of benzene rings is 1. The fourth-order valence-electron chi connectivity index (χ4n) is 1.43. The first kappa shape index (κ1) is 15.4. The number of aliphatic hydroxyl groups is 1. The van der Waals surface area contributed by atoms with E-state index >= 15 is 0 Å². The van der Waals surface area contributed by atoms with E-state index in [-0.39, 0.29) is 18.1 Å². The zero-order valence-corrected chi connectivity index (χ0v) is 11.5. The molecule has 0 spiro atoms. The van der Waals surface area contributed by atoms with Crippen molar-refractivity contribution >= 4 is 21.6 Å². The molecule has 5 nitrogen and oxygen atoms in total. The normalized spacial score (nSPS) is 13.5. The highest BCUT2D eigenvalue weighted by Gasteiger charge is 2.19. The molecule has 0 aliphatic heterocycles. The fourth-order valence-corrected chi connectivity index (χ4v) is 2.82. The van der Waals surface area contributed by atoms with Crippen molar-refractivity contribution in [2.75, 3.05) is 20.3 Å². The topological polar surface area (TPSA) is 75.6 Å². The van der Waals surface area contributed by atoms with Crippen LogP contribution in [-0.4, -0.2) is 39.9 Å². The van der Waals surface area contributed by atoms with Gasteiger partial charge in [0.2, 0.25) is 10.0 Å². The molecular formula is C11H16ClNO4S. The SMILES string of the molecule is COCC(CCO)NS(=O)(=O)c1ccc(Cl)cc1. The van der Waals surface area contributed by atoms with Crippen molar-refractivity contribution < 1.29 is 18.3 Å². The third-order valence-electron chi connectivity index (χ3n) is 2.29. The highest BCUT2D eigenvalue weighted by molar-refractivity contribution is 7.89. The van der Waals surface area contributed by atoms with Crippen LogP contribution in [0, 0.1) is 0 Å². The van der Waals surface area contributed by atoms with E-state index in [9.17, 15) is 8.42 Å². The molecule has 0 bridgehead atoms. The van der Waals surface area contributed by atoms with Crippen LogP contribution >= 0.6 is 11.6 Å². The second-order valence-corrected chi connectivity index (χ2v) is 5.89. The van der Waals surface area contributed by atoms with E-state index < -0.39 is 16.1 Å². The molecular weight excluding hydrogens is 278 g/mol. The molecule has 1 aromatic rings. The summed E-state index contributed by atoms with van der Waals surface area (Å²) < 4.78 is 31.4. The Hall–Kier alpha value is -0.660. The third kappa shape index (κ3) is 4.55. The maximum absolute atomic E-state index is 12.0. The van der Waals surface area contributed by atoms with Crippen LogP contribution in [-0.2, 0) is 14.8 Å². The van der Waals surface area contributed by atoms with Crippen molar-refractivity contribution in [2.24, 2.45) is 0 Å². The largest absolute Gasteiger partial charge is 0.396 e. The summed E-state index contributed by atoms with van der Waals surface area (Å²) in [5, 5.41) is 9.33. The standard InChI is InChI=1S/C11H16ClNO4S/c1-17-8-10(6-7-14)13-18(15,16)11-4-2-9(12)3-5-11/h2-5,10,13-14H,6-8H2,1H3. The molecule has 7 heteroatoms. The van der Waals surface area contributed by atoms with Gasteiger partial charge in [0.05, 0.1) is 11.5 Å². The van der Waals surface area contributed by atoms with Gasteiger partial charge < -0.3 is 9.84 Å². The van der Waals surface area contributed by atoms with Crippen LogP contribution < -0.4 is 4.72 Å². The monoisotopic (exact) mass is 293 g/mol. The lowest BCUT2D eigenvalue weighted by atomic mass is 10.2. The molecule has 18 heavy (non-hydrogen) atoms. The van der Waals surface area contributed by atoms with E-state index in [1.54, 1.807) is 0 Å². The van der Waals surface area contributed by atoms with Crippen molar-refractivity contribution in [1.82, 2.24) is 4.72 Å². The molecule has 0 saturated carbocycles. The number of rotatable bonds is 7. The maximum Gasteiger partial charge on any atom is 0.240 e. The molecule has 1 rings (SSSR count). The number of nitrogens with one attached hydrogen (secondary N) is 1. The van der Waals surface area contributed by atoms with E-state index in [0.29, 0.717) is 11.4 Å². The van der Waals surface area contributed by atoms with E-state index in [1.165, 1.54) is 31.4 Å². The van der Waals surface area contributed by atoms with Crippen LogP contribution in [0.2, 0.25) is 5.02 Å². The third-order valence-corrected chi connectivity index (χ3v) is 4.08. The number of ether oxygens (including phenoxy) is 1. The van der Waals surface area contributed by atoms with Gasteiger partial charge in [0, 0.05) is 24.8 Å². The van der Waals surface area contributed by atoms with E-state index in [2.05, 4.69) is 4.72 Å². The summed E-state index contributed by atoms with van der Waals surface area (Å²) in [5.41, 5.74) is 0. The Morgan fingerprint density at radius 2 is 2.00 bits per heavy atom. The molecule has 1 unspecified atom stereocenters. The first-order valence-corrected chi connectivity index (χ1v) is 7.23. The minimum absolute atomic E-state index is 0.114. The van der Waals surface area contributed by atoms with Crippen LogP contribution in [0.25, 0.3) is 0 Å². The van der Waals surface area contributed by atoms with E-state index in [4.69, 9.17) is 21.4 Å². The lowest BCUT2D eigenvalue weighted by molar-refractivity contribution is 0.158. The number of hydrogen-bond donors (Lipinski definition) is 2. The minimum atomic E-state index is -3.62. The van der Waals surface area contributed by atoms with Gasteiger partial charge in [-0.3, -0.25) is 0 Å². The number of sulfonamides is 1. The summed E-state index contributed by atoms with van der Waals surface area (Å²) in [5.74, 6) is 0. The molecule has 0 radical (unpaired) electrons. The van der Waals surface area contributed by atoms with Gasteiger partial charge in [0.1, 0.15) is 0 Å². The van der Waals surface area contributed by atoms with Crippen LogP contribution in [0.3, 0.4) is 0 Å². The van der Waals surface area contributed by atoms with E-state index in [1.807, 2.05) is 0 Å². The highest BCUT2D eigenvalue weighted by Crippen LogP contribution is 2.14. The van der Waals surface area contributed by atoms with Crippen LogP contribution in [0.1, 0.15) is 6.42 Å². The molecule has 2 N–H and O–H groups in total. The highest BCUT2D eigenvalue weighted by atomic mass is 35.5. The number of methoxy groups -OCH3 is 1. The van der Waals surface area contributed by atoms with Gasteiger partial charge in [-0.1, -0.05) is 11.6 Å². The zero-order chi connectivity index (χ0) is 13.6. The Balaban J connectivity index is 2.82. The van der Waals surface area contributed by atoms with Gasteiger partial charge in [-0.15, -0.1) is 0 Å². The molecule has 1 atom stereocenters. The summed E-state index contributed by atoms with van der Waals surface area (Å²) in [7, 11) is -2.15. The Morgan fingerprint density at radius 1 is 1.39 bits per heavy atom. The molecule has 0 amide bonds. The predicted molar refractivity (Wildman–Crippen MR) is 69.1 cm³/mol. The zero-order valence-electron chi connectivity index (χ0n) is 9.97. The maximum atomic E-state index is 12.0. The lowest BCUT2D eigenvalue weighted by Crippen LogP contribution is -2.38. The Morgan fingerprint density at radius 3 is 2.50 bits per heavy atom. The fraction of sp³-hybridized carbons (Fsp3) is 0.455. The molecule has 0 aliphatic rings. The van der Waals surface area contributed by atoms with Crippen molar-refractivity contribution in [2.45, 2.75) is 17.4 Å². The summed E-state index contributed by atoms with van der Waals surface area (Å²) in [6.45, 7) is 0.0878. The molecule has 0 fully saturated rings. The van der Waals surface area contributed by atoms with Gasteiger partial charge in [-0.05, 0) is 30.7 Å². The number of hydrogen-bond acceptors (Lipinski definition) is 4. The van der Waals surface area contributed by atoms with Gasteiger partial charge in [0.15, 0.2) is 0 Å². The molecule has 0 heterocycles. The Kier molecular flexibility index (Phi) is 6.04. The second kappa shape index (κ2) is 7.06. The molecule has 0 saturated heterocycles. The average Bonchev–Trinajstić information content (AvgIpc) is 2.29. The first-order chi connectivity index (χ1) is 8.49. The minimum Gasteiger partial charge on any atom is -0.396 e. The summed E-state index contributed by atoms with van der Waals surface area (Å²) in [6.07, 6.45) is 0.292. The van der Waals surface area contributed by atoms with Gasteiger partial charge in [0.25, 0.3) is 0 Å². The van der Waals surface area contributed by atoms with Gasteiger partial charge in [-0.2, -0.15) is 0 Å². The summed E-state index contributed by atoms with van der Waals surface area (Å²) in [4.78, 5) is 0.131. The quantitative estimate of drug-likeness (QED) is 0.787. The van der Waals surface area contributed by atoms with Crippen LogP contribution in [0.4, 0.5) is 0 Å². The smallest absolute Gasteiger partial charge is 0.240 e. The first-order valence-electron chi connectivity index (χ1n) is 5.37. The van der Waals surface area contributed by atoms with Gasteiger partial charge >= 0.3 is 0 Å². The molecule has 102 valence electrons. The average molecular weight is 294 g/mol. The van der Waals surface area contributed by atoms with Crippen molar-refractivity contribution in [3.63, 3.8) is 0 Å². The lowest BCUT2D eigenvalue weighted by Gasteiger charge is -2.16. The van der Waals surface area contributed by atoms with Gasteiger partial charge in [-0.25, -0.2) is 13.1 Å². The molecule has 0 aliphatic carbocycles.